The van der Waals surface area contributed by atoms with E-state index in [0.717, 1.165) is 5.76 Å². The Balaban J connectivity index is 2.50. The van der Waals surface area contributed by atoms with Crippen LogP contribution in [0.1, 0.15) is 13.8 Å². The van der Waals surface area contributed by atoms with Crippen LogP contribution in [0.5, 0.6) is 0 Å². The lowest BCUT2D eigenvalue weighted by Crippen LogP contribution is -2.24. The van der Waals surface area contributed by atoms with Gasteiger partial charge in [-0.3, -0.25) is 0 Å². The van der Waals surface area contributed by atoms with E-state index in [-0.39, 0.29) is 0 Å². The number of hydrogen-bond donors (Lipinski definition) is 1. The summed E-state index contributed by atoms with van der Waals surface area (Å²) in [5, 5.41) is 2.98. The predicted octanol–water partition coefficient (Wildman–Crippen LogP) is 1.55. The smallest absolute Gasteiger partial charge is 0.253 e. The highest BCUT2D eigenvalue weighted by molar-refractivity contribution is 5.23. The molecule has 1 aliphatic heterocycles. The average Bonchev–Trinajstić information content (AvgIpc) is 2.09. The summed E-state index contributed by atoms with van der Waals surface area (Å²) in [5.74, 6) is 0.766. The molecule has 0 bridgehead atoms. The number of nitrogens with one attached hydrogen (secondary N) is 1. The summed E-state index contributed by atoms with van der Waals surface area (Å²) in [7, 11) is 0. The van der Waals surface area contributed by atoms with Crippen molar-refractivity contribution in [3.8, 4) is 0 Å². The van der Waals surface area contributed by atoms with E-state index < -0.39 is 0 Å². The van der Waals surface area contributed by atoms with Crippen molar-refractivity contribution in [1.29, 1.82) is 0 Å². The highest BCUT2D eigenvalue weighted by atomic mass is 16.5. The van der Waals surface area contributed by atoms with Crippen molar-refractivity contribution in [1.82, 2.24) is 5.32 Å². The Morgan fingerprint density at radius 2 is 2.00 bits per heavy atom. The van der Waals surface area contributed by atoms with E-state index in [1.807, 2.05) is 32.2 Å². The summed E-state index contributed by atoms with van der Waals surface area (Å²) in [6, 6.07) is 0. The largest absolute Gasteiger partial charge is 0.493 e. The van der Waals surface area contributed by atoms with Gasteiger partial charge in [0.1, 0.15) is 0 Å². The number of allylic oxidation sites excluding steroid dienone is 2. The molecule has 0 aromatic rings. The molecular weight excluding hydrogens is 154 g/mol. The molecule has 67 valence electrons. The van der Waals surface area contributed by atoms with Gasteiger partial charge in [0.15, 0.2) is 5.76 Å². The number of dihydropyridines is 1. The number of ether oxygens (including phenoxy) is 2. The lowest BCUT2D eigenvalue weighted by molar-refractivity contribution is 0.0993. The van der Waals surface area contributed by atoms with Crippen LogP contribution in [-0.2, 0) is 9.47 Å². The summed E-state index contributed by atoms with van der Waals surface area (Å²) in [6.07, 6.45) is 6.27. The van der Waals surface area contributed by atoms with Crippen LogP contribution in [0.25, 0.3) is 0 Å². The molecule has 1 rings (SSSR count). The lowest BCUT2D eigenvalue weighted by atomic mass is 10.3. The molecule has 0 saturated heterocycles. The fourth-order valence-electron chi connectivity index (χ4n) is 0.932. The molecule has 1 N–H and O–H groups in total. The van der Waals surface area contributed by atoms with E-state index in [2.05, 4.69) is 5.32 Å². The van der Waals surface area contributed by atoms with E-state index in [0.29, 0.717) is 19.4 Å². The third-order valence-corrected chi connectivity index (χ3v) is 1.37. The van der Waals surface area contributed by atoms with Crippen molar-refractivity contribution >= 4 is 0 Å². The second kappa shape index (κ2) is 4.83. The van der Waals surface area contributed by atoms with Gasteiger partial charge in [0.2, 0.25) is 0 Å². The fraction of sp³-hybridized carbons (Fsp3) is 0.444. The van der Waals surface area contributed by atoms with Gasteiger partial charge in [-0.15, -0.1) is 0 Å². The molecule has 0 aromatic heterocycles. The van der Waals surface area contributed by atoms with Gasteiger partial charge in [-0.2, -0.15) is 0 Å². The van der Waals surface area contributed by atoms with E-state index in [1.165, 1.54) is 0 Å². The van der Waals surface area contributed by atoms with Crippen molar-refractivity contribution in [3.05, 3.63) is 30.3 Å². The maximum Gasteiger partial charge on any atom is 0.253 e. The maximum atomic E-state index is 5.33. The Hall–Kier alpha value is -0.960. The zero-order valence-electron chi connectivity index (χ0n) is 7.46. The molecule has 3 heteroatoms. The molecular formula is C9H14NO2. The van der Waals surface area contributed by atoms with Gasteiger partial charge in [-0.25, -0.2) is 0 Å². The standard InChI is InChI=1S/C9H14NO2/c1-3-11-8-6-5-7-10-9(8)12-4-2/h5-7,10H,3-4H2,1-2H3. The molecule has 0 saturated carbocycles. The zero-order chi connectivity index (χ0) is 8.81. The molecule has 1 radical (unpaired) electrons. The third kappa shape index (κ3) is 2.27. The first-order valence-corrected chi connectivity index (χ1v) is 4.14. The molecule has 0 fully saturated rings. The second-order valence-electron chi connectivity index (χ2n) is 2.23. The molecule has 1 heterocycles. The van der Waals surface area contributed by atoms with E-state index >= 15 is 0 Å². The minimum Gasteiger partial charge on any atom is -0.493 e. The third-order valence-electron chi connectivity index (χ3n) is 1.37. The molecule has 0 aliphatic carbocycles. The highest BCUT2D eigenvalue weighted by Crippen LogP contribution is 2.16. The van der Waals surface area contributed by atoms with Gasteiger partial charge in [-0.1, -0.05) is 0 Å². The molecule has 0 unspecified atom stereocenters. The van der Waals surface area contributed by atoms with Gasteiger partial charge in [0.05, 0.1) is 6.61 Å². The van der Waals surface area contributed by atoms with Crippen LogP contribution in [0.15, 0.2) is 24.1 Å². The van der Waals surface area contributed by atoms with Crippen LogP contribution in [0.3, 0.4) is 0 Å². The van der Waals surface area contributed by atoms with Crippen molar-refractivity contribution in [2.45, 2.75) is 13.8 Å². The van der Waals surface area contributed by atoms with Crippen LogP contribution in [-0.4, -0.2) is 13.2 Å². The summed E-state index contributed by atoms with van der Waals surface area (Å²) in [6.45, 7) is 5.18. The van der Waals surface area contributed by atoms with Gasteiger partial charge in [-0.05, 0) is 32.2 Å². The van der Waals surface area contributed by atoms with Crippen molar-refractivity contribution < 1.29 is 9.47 Å². The Morgan fingerprint density at radius 1 is 1.25 bits per heavy atom. The topological polar surface area (TPSA) is 30.5 Å². The Morgan fingerprint density at radius 3 is 2.67 bits per heavy atom. The van der Waals surface area contributed by atoms with Gasteiger partial charge in [0, 0.05) is 6.61 Å². The monoisotopic (exact) mass is 168 g/mol. The van der Waals surface area contributed by atoms with Crippen LogP contribution in [0, 0.1) is 6.23 Å². The van der Waals surface area contributed by atoms with Crippen LogP contribution < -0.4 is 5.32 Å². The summed E-state index contributed by atoms with van der Waals surface area (Å²) in [5.41, 5.74) is 0. The lowest BCUT2D eigenvalue weighted by Gasteiger charge is -2.20. The Kier molecular flexibility index (Phi) is 3.67. The van der Waals surface area contributed by atoms with Crippen molar-refractivity contribution in [2.75, 3.05) is 13.2 Å². The maximum absolute atomic E-state index is 5.33. The van der Waals surface area contributed by atoms with E-state index in [1.54, 1.807) is 0 Å². The summed E-state index contributed by atoms with van der Waals surface area (Å²) >= 11 is 0. The van der Waals surface area contributed by atoms with Gasteiger partial charge in [0.25, 0.3) is 6.23 Å². The number of hydrogen-bond acceptors (Lipinski definition) is 3. The molecule has 0 atom stereocenters. The normalized spacial score (nSPS) is 17.0. The van der Waals surface area contributed by atoms with E-state index in [9.17, 15) is 0 Å². The quantitative estimate of drug-likeness (QED) is 0.690. The van der Waals surface area contributed by atoms with Crippen molar-refractivity contribution in [3.63, 3.8) is 0 Å². The average molecular weight is 168 g/mol. The molecule has 0 amide bonds. The summed E-state index contributed by atoms with van der Waals surface area (Å²) in [4.78, 5) is 0. The van der Waals surface area contributed by atoms with Gasteiger partial charge < -0.3 is 14.8 Å². The molecule has 3 nitrogen and oxygen atoms in total. The zero-order valence-corrected chi connectivity index (χ0v) is 7.46. The Labute approximate surface area is 73.1 Å². The molecule has 0 aromatic carbocycles. The summed E-state index contributed by atoms with van der Waals surface area (Å²) < 4.78 is 10.6. The van der Waals surface area contributed by atoms with Gasteiger partial charge >= 0.3 is 0 Å². The first-order valence-electron chi connectivity index (χ1n) is 4.14. The number of rotatable bonds is 4. The van der Waals surface area contributed by atoms with Crippen LogP contribution in [0.4, 0.5) is 0 Å². The molecule has 12 heavy (non-hydrogen) atoms. The second-order valence-corrected chi connectivity index (χ2v) is 2.23. The minimum absolute atomic E-state index is 0.639. The Bertz CT molecular complexity index is 187. The fourth-order valence-corrected chi connectivity index (χ4v) is 0.932. The predicted molar refractivity (Wildman–Crippen MR) is 46.9 cm³/mol. The van der Waals surface area contributed by atoms with E-state index in [4.69, 9.17) is 9.47 Å². The highest BCUT2D eigenvalue weighted by Gasteiger charge is 2.17. The first-order chi connectivity index (χ1) is 5.88. The first kappa shape index (κ1) is 9.13. The minimum atomic E-state index is 0.639. The SMILES string of the molecule is CCO[C]1NC=CC=C1OCC. The van der Waals surface area contributed by atoms with Crippen molar-refractivity contribution in [2.24, 2.45) is 0 Å². The molecule has 0 spiro atoms. The molecule has 1 aliphatic rings. The van der Waals surface area contributed by atoms with Crippen LogP contribution >= 0.6 is 0 Å². The van der Waals surface area contributed by atoms with Crippen LogP contribution in [0.2, 0.25) is 0 Å².